The molecule has 0 amide bonds. The summed E-state index contributed by atoms with van der Waals surface area (Å²) >= 11 is 7.73. The molecule has 0 saturated carbocycles. The smallest absolute Gasteiger partial charge is 0.456 e. The van der Waals surface area contributed by atoms with Crippen molar-refractivity contribution in [3.8, 4) is 0 Å². The van der Waals surface area contributed by atoms with Crippen molar-refractivity contribution in [2.24, 2.45) is 0 Å². The van der Waals surface area contributed by atoms with Gasteiger partial charge in [-0.2, -0.15) is 0 Å². The molecule has 1 N–H and O–H groups in total. The molecular weight excluding hydrogens is 438 g/mol. The molecule has 0 fully saturated rings. The van der Waals surface area contributed by atoms with Crippen LogP contribution in [0.1, 0.15) is 24.0 Å². The monoisotopic (exact) mass is 457 g/mol. The lowest BCUT2D eigenvalue weighted by molar-refractivity contribution is -0.136. The molecule has 8 heteroatoms. The second-order valence-corrected chi connectivity index (χ2v) is 8.48. The molecule has 1 atom stereocenters. The number of allylic oxidation sites excluding steroid dienone is 2. The van der Waals surface area contributed by atoms with Gasteiger partial charge in [-0.05, 0) is 36.2 Å². The average molecular weight is 458 g/mol. The number of carbonyl (C=O) groups is 2. The summed E-state index contributed by atoms with van der Waals surface area (Å²) in [6.45, 7) is 1.95. The quantitative estimate of drug-likeness (QED) is 0.492. The van der Waals surface area contributed by atoms with Gasteiger partial charge in [0.2, 0.25) is 0 Å². The van der Waals surface area contributed by atoms with Crippen LogP contribution in [0.2, 0.25) is 5.02 Å². The zero-order valence-corrected chi connectivity index (χ0v) is 18.5. The predicted octanol–water partition coefficient (Wildman–Crippen LogP) is 5.14. The SMILES string of the molecule is COC(=O)OC1=C(C)NC2=C(C(=O)OC2)C1c1ccccc1SCc1cccc(Cl)c1. The third-order valence-corrected chi connectivity index (χ3v) is 6.42. The van der Waals surface area contributed by atoms with Crippen molar-refractivity contribution >= 4 is 35.5 Å². The van der Waals surface area contributed by atoms with Crippen LogP contribution < -0.4 is 5.32 Å². The summed E-state index contributed by atoms with van der Waals surface area (Å²) < 4.78 is 15.5. The standard InChI is InChI=1S/C23H20ClNO5S/c1-13-21(30-23(27)28-2)19(20-17(25-13)11-29-22(20)26)16-8-3-4-9-18(16)31-12-14-6-5-7-15(24)10-14/h3-10,19,25H,11-12H2,1-2H3. The first-order valence-corrected chi connectivity index (χ1v) is 10.9. The first-order chi connectivity index (χ1) is 15.0. The number of rotatable bonds is 5. The molecule has 6 nitrogen and oxygen atoms in total. The van der Waals surface area contributed by atoms with Gasteiger partial charge in [0.1, 0.15) is 12.4 Å². The molecule has 0 radical (unpaired) electrons. The lowest BCUT2D eigenvalue weighted by Crippen LogP contribution is -2.28. The second-order valence-electron chi connectivity index (χ2n) is 7.03. The van der Waals surface area contributed by atoms with Crippen LogP contribution in [0.4, 0.5) is 4.79 Å². The number of methoxy groups -OCH3 is 1. The van der Waals surface area contributed by atoms with E-state index in [1.165, 1.54) is 7.11 Å². The average Bonchev–Trinajstić information content (AvgIpc) is 3.13. The molecule has 2 heterocycles. The Bertz CT molecular complexity index is 1110. The van der Waals surface area contributed by atoms with Gasteiger partial charge in [0.15, 0.2) is 0 Å². The first-order valence-electron chi connectivity index (χ1n) is 9.58. The molecule has 4 rings (SSSR count). The van der Waals surface area contributed by atoms with E-state index in [1.807, 2.05) is 48.5 Å². The zero-order valence-electron chi connectivity index (χ0n) is 16.9. The van der Waals surface area contributed by atoms with Crippen LogP contribution in [0.15, 0.2) is 76.2 Å². The van der Waals surface area contributed by atoms with Gasteiger partial charge < -0.3 is 19.5 Å². The van der Waals surface area contributed by atoms with Crippen molar-refractivity contribution in [2.45, 2.75) is 23.5 Å². The van der Waals surface area contributed by atoms with Gasteiger partial charge in [0.05, 0.1) is 30.0 Å². The molecule has 1 unspecified atom stereocenters. The van der Waals surface area contributed by atoms with Gasteiger partial charge >= 0.3 is 12.1 Å². The van der Waals surface area contributed by atoms with Crippen LogP contribution in [0.5, 0.6) is 0 Å². The number of carbonyl (C=O) groups excluding carboxylic acids is 2. The van der Waals surface area contributed by atoms with E-state index >= 15 is 0 Å². The van der Waals surface area contributed by atoms with E-state index < -0.39 is 18.0 Å². The molecule has 0 spiro atoms. The first kappa shape index (κ1) is 21.3. The van der Waals surface area contributed by atoms with E-state index in [1.54, 1.807) is 18.7 Å². The van der Waals surface area contributed by atoms with E-state index in [0.29, 0.717) is 33.5 Å². The number of benzene rings is 2. The Morgan fingerprint density at radius 2 is 2.06 bits per heavy atom. The largest absolute Gasteiger partial charge is 0.513 e. The minimum Gasteiger partial charge on any atom is -0.456 e. The van der Waals surface area contributed by atoms with Gasteiger partial charge in [-0.15, -0.1) is 11.8 Å². The van der Waals surface area contributed by atoms with E-state index in [-0.39, 0.29) is 6.61 Å². The third-order valence-electron chi connectivity index (χ3n) is 5.02. The van der Waals surface area contributed by atoms with Gasteiger partial charge in [-0.3, -0.25) is 0 Å². The Balaban J connectivity index is 1.73. The van der Waals surface area contributed by atoms with Crippen LogP contribution in [0.3, 0.4) is 0 Å². The number of dihydropyridines is 1. The summed E-state index contributed by atoms with van der Waals surface area (Å²) in [5.74, 6) is -0.0105. The van der Waals surface area contributed by atoms with Gasteiger partial charge in [-0.25, -0.2) is 9.59 Å². The van der Waals surface area contributed by atoms with Crippen molar-refractivity contribution in [2.75, 3.05) is 13.7 Å². The van der Waals surface area contributed by atoms with Crippen LogP contribution in [-0.2, 0) is 24.8 Å². The van der Waals surface area contributed by atoms with E-state index in [4.69, 9.17) is 25.8 Å². The highest BCUT2D eigenvalue weighted by Crippen LogP contribution is 2.44. The molecular formula is C23H20ClNO5S. The van der Waals surface area contributed by atoms with Crippen molar-refractivity contribution in [1.29, 1.82) is 0 Å². The molecule has 160 valence electrons. The number of nitrogens with one attached hydrogen (secondary N) is 1. The molecule has 0 bridgehead atoms. The molecule has 2 aromatic carbocycles. The maximum Gasteiger partial charge on any atom is 0.513 e. The zero-order chi connectivity index (χ0) is 22.0. The van der Waals surface area contributed by atoms with Crippen molar-refractivity contribution in [3.63, 3.8) is 0 Å². The number of hydrogen-bond acceptors (Lipinski definition) is 7. The van der Waals surface area contributed by atoms with E-state index in [9.17, 15) is 9.59 Å². The van der Waals surface area contributed by atoms with Crippen LogP contribution in [0, 0.1) is 0 Å². The van der Waals surface area contributed by atoms with Crippen molar-refractivity contribution in [1.82, 2.24) is 5.32 Å². The Hall–Kier alpha value is -2.90. The highest BCUT2D eigenvalue weighted by atomic mass is 35.5. The Kier molecular flexibility index (Phi) is 6.25. The summed E-state index contributed by atoms with van der Waals surface area (Å²) in [6, 6.07) is 15.4. The molecule has 2 aliphatic rings. The number of thioether (sulfide) groups is 1. The Labute approximate surface area is 189 Å². The summed E-state index contributed by atoms with van der Waals surface area (Å²) in [5, 5.41) is 3.81. The molecule has 0 aliphatic carbocycles. The van der Waals surface area contributed by atoms with Gasteiger partial charge in [-0.1, -0.05) is 41.9 Å². The third kappa shape index (κ3) is 4.43. The van der Waals surface area contributed by atoms with Gasteiger partial charge in [0.25, 0.3) is 0 Å². The van der Waals surface area contributed by atoms with Crippen LogP contribution >= 0.6 is 23.4 Å². The second kappa shape index (κ2) is 9.08. The maximum absolute atomic E-state index is 12.6. The molecule has 31 heavy (non-hydrogen) atoms. The minimum absolute atomic E-state index is 0.158. The lowest BCUT2D eigenvalue weighted by atomic mass is 9.85. The number of ether oxygens (including phenoxy) is 3. The number of cyclic esters (lactones) is 1. The lowest BCUT2D eigenvalue weighted by Gasteiger charge is -2.28. The molecule has 2 aliphatic heterocycles. The summed E-state index contributed by atoms with van der Waals surface area (Å²) in [6.07, 6.45) is -0.847. The van der Waals surface area contributed by atoms with Crippen LogP contribution in [-0.4, -0.2) is 25.8 Å². The fraction of sp³-hybridized carbons (Fsp3) is 0.217. The summed E-state index contributed by atoms with van der Waals surface area (Å²) in [7, 11) is 1.24. The van der Waals surface area contributed by atoms with E-state index in [0.717, 1.165) is 16.0 Å². The Morgan fingerprint density at radius 1 is 1.26 bits per heavy atom. The van der Waals surface area contributed by atoms with Crippen LogP contribution in [0.25, 0.3) is 0 Å². The fourth-order valence-electron chi connectivity index (χ4n) is 3.65. The predicted molar refractivity (Wildman–Crippen MR) is 118 cm³/mol. The molecule has 0 saturated heterocycles. The van der Waals surface area contributed by atoms with Crippen molar-refractivity contribution in [3.05, 3.63) is 87.4 Å². The highest BCUT2D eigenvalue weighted by Gasteiger charge is 2.41. The summed E-state index contributed by atoms with van der Waals surface area (Å²) in [4.78, 5) is 25.5. The number of hydrogen-bond donors (Lipinski definition) is 1. The number of halogens is 1. The summed E-state index contributed by atoms with van der Waals surface area (Å²) in [5.41, 5.74) is 3.68. The van der Waals surface area contributed by atoms with Gasteiger partial charge in [0, 0.05) is 15.7 Å². The minimum atomic E-state index is -0.847. The molecule has 0 aromatic heterocycles. The maximum atomic E-state index is 12.6. The van der Waals surface area contributed by atoms with E-state index in [2.05, 4.69) is 5.32 Å². The van der Waals surface area contributed by atoms with Crippen molar-refractivity contribution < 1.29 is 23.8 Å². The Morgan fingerprint density at radius 3 is 2.84 bits per heavy atom. The normalized spacial score (nSPS) is 17.8. The topological polar surface area (TPSA) is 73.9 Å². The highest BCUT2D eigenvalue weighted by molar-refractivity contribution is 7.98. The number of esters is 1. The fourth-order valence-corrected chi connectivity index (χ4v) is 4.89. The molecule has 2 aromatic rings.